The summed E-state index contributed by atoms with van der Waals surface area (Å²) in [6, 6.07) is 4.83. The molecule has 3 aromatic rings. The van der Waals surface area contributed by atoms with Gasteiger partial charge in [0, 0.05) is 28.6 Å². The number of nitrogens with zero attached hydrogens (tertiary/aromatic N) is 3. The molecule has 29 heavy (non-hydrogen) atoms. The van der Waals surface area contributed by atoms with E-state index in [-0.39, 0.29) is 23.2 Å². The minimum atomic E-state index is -4.66. The number of aromatic amines is 1. The lowest BCUT2D eigenvalue weighted by atomic mass is 10.1. The first-order chi connectivity index (χ1) is 13.5. The molecule has 11 heteroatoms. The number of anilines is 1. The van der Waals surface area contributed by atoms with Gasteiger partial charge >= 0.3 is 6.18 Å². The maximum Gasteiger partial charge on any atom is 0.419 e. The van der Waals surface area contributed by atoms with E-state index >= 15 is 0 Å². The predicted octanol–water partition coefficient (Wildman–Crippen LogP) is 3.24. The lowest BCUT2D eigenvalue weighted by molar-refractivity contribution is -0.137. The Kier molecular flexibility index (Phi) is 4.49. The highest BCUT2D eigenvalue weighted by atomic mass is 31.2. The van der Waals surface area contributed by atoms with Crippen molar-refractivity contribution in [3.8, 4) is 11.3 Å². The lowest BCUT2D eigenvalue weighted by Gasteiger charge is -2.14. The molecule has 3 atom stereocenters. The van der Waals surface area contributed by atoms with Gasteiger partial charge in [-0.3, -0.25) is 5.43 Å². The van der Waals surface area contributed by atoms with Gasteiger partial charge in [-0.05, 0) is 26.3 Å². The minimum absolute atomic E-state index is 0.0569. The molecule has 0 aliphatic carbocycles. The molecule has 154 valence electrons. The van der Waals surface area contributed by atoms with Gasteiger partial charge < -0.3 is 14.7 Å². The van der Waals surface area contributed by atoms with E-state index in [4.69, 9.17) is 0 Å². The van der Waals surface area contributed by atoms with Crippen molar-refractivity contribution in [2.24, 2.45) is 0 Å². The van der Waals surface area contributed by atoms with Crippen LogP contribution in [0.2, 0.25) is 0 Å². The van der Waals surface area contributed by atoms with Crippen LogP contribution in [0.25, 0.3) is 22.2 Å². The van der Waals surface area contributed by atoms with Gasteiger partial charge in [0.25, 0.3) is 0 Å². The molecule has 0 spiro atoms. The molecule has 0 amide bonds. The number of aliphatic hydroxyl groups excluding tert-OH is 1. The molecule has 0 bridgehead atoms. The molecule has 7 nitrogen and oxygen atoms in total. The van der Waals surface area contributed by atoms with Crippen LogP contribution >= 0.6 is 7.14 Å². The van der Waals surface area contributed by atoms with Crippen molar-refractivity contribution in [1.29, 1.82) is 0 Å². The molecule has 1 aliphatic rings. The van der Waals surface area contributed by atoms with Crippen LogP contribution in [0.4, 0.5) is 19.1 Å². The molecule has 1 aromatic carbocycles. The number of aliphatic hydroxyl groups is 1. The highest BCUT2D eigenvalue weighted by Gasteiger charge is 2.44. The van der Waals surface area contributed by atoms with Crippen LogP contribution in [0.5, 0.6) is 0 Å². The summed E-state index contributed by atoms with van der Waals surface area (Å²) in [5, 5.41) is 12.1. The number of H-pyrrole nitrogens is 1. The second-order valence-corrected chi connectivity index (χ2v) is 10.6. The summed E-state index contributed by atoms with van der Waals surface area (Å²) >= 11 is 0. The smallest absolute Gasteiger partial charge is 0.375 e. The summed E-state index contributed by atoms with van der Waals surface area (Å²) in [7, 11) is -2.65. The molecule has 1 aliphatic heterocycles. The van der Waals surface area contributed by atoms with Crippen molar-refractivity contribution in [1.82, 2.24) is 20.0 Å². The third-order valence-corrected chi connectivity index (χ3v) is 6.45. The topological polar surface area (TPSA) is 93.9 Å². The number of alkyl halides is 3. The normalized spacial score (nSPS) is 22.1. The number of nitrogens with one attached hydrogen (secondary N) is 2. The molecule has 1 unspecified atom stereocenters. The summed E-state index contributed by atoms with van der Waals surface area (Å²) in [6.07, 6.45) is -3.26. The van der Waals surface area contributed by atoms with Crippen LogP contribution in [-0.2, 0) is 10.7 Å². The van der Waals surface area contributed by atoms with Gasteiger partial charge in [0.05, 0.1) is 17.3 Å². The summed E-state index contributed by atoms with van der Waals surface area (Å²) in [4.78, 5) is 10.8. The van der Waals surface area contributed by atoms with Crippen molar-refractivity contribution >= 4 is 29.3 Å². The van der Waals surface area contributed by atoms with Crippen molar-refractivity contribution < 1.29 is 22.8 Å². The molecular formula is C18H19F3N5O2P. The van der Waals surface area contributed by atoms with Crippen molar-refractivity contribution in [3.63, 3.8) is 0 Å². The van der Waals surface area contributed by atoms with Crippen LogP contribution < -0.4 is 10.7 Å². The molecular weight excluding hydrogens is 406 g/mol. The van der Waals surface area contributed by atoms with E-state index in [0.717, 1.165) is 6.20 Å². The first-order valence-corrected chi connectivity index (χ1v) is 11.4. The Morgan fingerprint density at radius 1 is 1.31 bits per heavy atom. The van der Waals surface area contributed by atoms with Gasteiger partial charge in [0.15, 0.2) is 0 Å². The second-order valence-electron chi connectivity index (χ2n) is 7.38. The first-order valence-electron chi connectivity index (χ1n) is 8.82. The molecule has 4 rings (SSSR count). The quantitative estimate of drug-likeness (QED) is 0.439. The zero-order chi connectivity index (χ0) is 21.1. The zero-order valence-corrected chi connectivity index (χ0v) is 16.7. The fraction of sp³-hybridized carbons (Fsp3) is 0.333. The second kappa shape index (κ2) is 6.55. The Balaban J connectivity index is 1.88. The number of rotatable bonds is 4. The standard InChI is InChI=1S/C18H19F3N5O2P/c1-9-16(27)26(9)25-17-23-8-12(18(19,20)21)14(24-17)11-7-22-15-10(11)5-4-6-13(15)29(2,3)28/h4-9,16,22,27H,1-3H3,(H,23,24,25)/t9-,16-,26?/m1/s1. The summed E-state index contributed by atoms with van der Waals surface area (Å²) in [5.74, 6) is -0.0569. The van der Waals surface area contributed by atoms with E-state index in [1.54, 1.807) is 38.5 Å². The Morgan fingerprint density at radius 3 is 2.59 bits per heavy atom. The maximum atomic E-state index is 13.6. The third kappa shape index (κ3) is 3.52. The first kappa shape index (κ1) is 19.9. The highest BCUT2D eigenvalue weighted by molar-refractivity contribution is 7.70. The SMILES string of the molecule is C[C@@H]1[C@@H](O)N1Nc1ncc(C(F)(F)F)c(-c2c[nH]c3c(P(C)(C)=O)cccc23)n1. The molecule has 0 saturated carbocycles. The van der Waals surface area contributed by atoms with Crippen LogP contribution in [-0.4, -0.2) is 50.7 Å². The third-order valence-electron chi connectivity index (χ3n) is 4.92. The Bertz CT molecular complexity index is 1130. The monoisotopic (exact) mass is 425 g/mol. The fourth-order valence-electron chi connectivity index (χ4n) is 3.25. The van der Waals surface area contributed by atoms with Crippen LogP contribution in [0.1, 0.15) is 12.5 Å². The van der Waals surface area contributed by atoms with E-state index in [0.29, 0.717) is 16.2 Å². The summed E-state index contributed by atoms with van der Waals surface area (Å²) < 4.78 is 53.5. The average molecular weight is 425 g/mol. The Hall–Kier alpha value is -2.42. The molecule has 2 aromatic heterocycles. The van der Waals surface area contributed by atoms with Crippen LogP contribution in [0.15, 0.2) is 30.6 Å². The largest absolute Gasteiger partial charge is 0.419 e. The molecule has 1 saturated heterocycles. The summed E-state index contributed by atoms with van der Waals surface area (Å²) in [5.41, 5.74) is 2.19. The van der Waals surface area contributed by atoms with E-state index in [1.165, 1.54) is 11.2 Å². The fourth-order valence-corrected chi connectivity index (χ4v) is 4.42. The zero-order valence-electron chi connectivity index (χ0n) is 15.8. The Labute approximate surface area is 164 Å². The van der Waals surface area contributed by atoms with Gasteiger partial charge in [-0.25, -0.2) is 9.97 Å². The number of hydrazine groups is 1. The number of para-hydroxylation sites is 1. The number of halogens is 3. The number of aromatic nitrogens is 3. The van der Waals surface area contributed by atoms with Crippen LogP contribution in [0, 0.1) is 0 Å². The average Bonchev–Trinajstić information content (AvgIpc) is 3.04. The van der Waals surface area contributed by atoms with Crippen molar-refractivity contribution in [2.75, 3.05) is 18.8 Å². The maximum absolute atomic E-state index is 13.6. The van der Waals surface area contributed by atoms with Gasteiger partial charge in [-0.2, -0.15) is 18.2 Å². The van der Waals surface area contributed by atoms with Crippen molar-refractivity contribution in [2.45, 2.75) is 25.4 Å². The van der Waals surface area contributed by atoms with Gasteiger partial charge in [-0.15, -0.1) is 0 Å². The van der Waals surface area contributed by atoms with Gasteiger partial charge in [-0.1, -0.05) is 12.1 Å². The Morgan fingerprint density at radius 2 is 2.00 bits per heavy atom. The highest BCUT2D eigenvalue weighted by Crippen LogP contribution is 2.42. The van der Waals surface area contributed by atoms with E-state index in [1.807, 2.05) is 0 Å². The molecule has 0 radical (unpaired) electrons. The molecule has 3 N–H and O–H groups in total. The van der Waals surface area contributed by atoms with Crippen molar-refractivity contribution in [3.05, 3.63) is 36.2 Å². The van der Waals surface area contributed by atoms with E-state index < -0.39 is 25.1 Å². The van der Waals surface area contributed by atoms with E-state index in [2.05, 4.69) is 20.4 Å². The predicted molar refractivity (Wildman–Crippen MR) is 104 cm³/mol. The lowest BCUT2D eigenvalue weighted by Crippen LogP contribution is -2.16. The number of hydrogen-bond acceptors (Lipinski definition) is 6. The van der Waals surface area contributed by atoms with E-state index in [9.17, 15) is 22.8 Å². The number of fused-ring (bicyclic) bond motifs is 1. The van der Waals surface area contributed by atoms with Crippen LogP contribution in [0.3, 0.4) is 0 Å². The molecule has 1 fully saturated rings. The summed E-state index contributed by atoms with van der Waals surface area (Å²) in [6.45, 7) is 4.96. The van der Waals surface area contributed by atoms with Gasteiger partial charge in [0.1, 0.15) is 18.9 Å². The minimum Gasteiger partial charge on any atom is -0.375 e. The van der Waals surface area contributed by atoms with Gasteiger partial charge in [0.2, 0.25) is 5.95 Å². The number of benzene rings is 1. The molecule has 3 heterocycles. The number of hydrogen-bond donors (Lipinski definition) is 3.